The average molecular weight is 508 g/mol. The molecule has 0 spiro atoms. The summed E-state index contributed by atoms with van der Waals surface area (Å²) in [6.45, 7) is 9.03. The van der Waals surface area contributed by atoms with Crippen molar-refractivity contribution in [1.82, 2.24) is 0 Å². The first-order valence-electron chi connectivity index (χ1n) is 13.4. The SMILES string of the molecule is CCC=CCCC(CCCCC(C)Cl)OCOCOC(CCC=CCC)CCCCC(C)Cl. The molecule has 0 fully saturated rings. The molecular formula is C28H52Cl2O3. The van der Waals surface area contributed by atoms with Gasteiger partial charge < -0.3 is 14.2 Å². The van der Waals surface area contributed by atoms with Gasteiger partial charge in [-0.1, -0.05) is 63.8 Å². The molecule has 0 saturated heterocycles. The largest absolute Gasteiger partial charge is 0.352 e. The van der Waals surface area contributed by atoms with Crippen molar-refractivity contribution in [2.24, 2.45) is 0 Å². The van der Waals surface area contributed by atoms with Crippen LogP contribution >= 0.6 is 23.2 Å². The molecule has 4 atom stereocenters. The Kier molecular flexibility index (Phi) is 25.0. The Balaban J connectivity index is 4.28. The van der Waals surface area contributed by atoms with E-state index in [1.165, 1.54) is 0 Å². The smallest absolute Gasteiger partial charge is 0.149 e. The minimum atomic E-state index is 0.227. The van der Waals surface area contributed by atoms with E-state index >= 15 is 0 Å². The second-order valence-corrected chi connectivity index (χ2v) is 10.6. The van der Waals surface area contributed by atoms with Gasteiger partial charge in [0.1, 0.15) is 13.6 Å². The van der Waals surface area contributed by atoms with Gasteiger partial charge in [-0.25, -0.2) is 0 Å². The van der Waals surface area contributed by atoms with Crippen LogP contribution in [0.5, 0.6) is 0 Å². The number of hydrogen-bond acceptors (Lipinski definition) is 3. The lowest BCUT2D eigenvalue weighted by Crippen LogP contribution is -2.19. The van der Waals surface area contributed by atoms with Gasteiger partial charge in [-0.3, -0.25) is 0 Å². The molecule has 0 amide bonds. The Morgan fingerprint density at radius 2 is 0.970 bits per heavy atom. The predicted molar refractivity (Wildman–Crippen MR) is 145 cm³/mol. The number of unbranched alkanes of at least 4 members (excludes halogenated alkanes) is 2. The first-order valence-corrected chi connectivity index (χ1v) is 14.3. The highest BCUT2D eigenvalue weighted by Gasteiger charge is 2.11. The highest BCUT2D eigenvalue weighted by Crippen LogP contribution is 2.17. The summed E-state index contributed by atoms with van der Waals surface area (Å²) >= 11 is 12.1. The monoisotopic (exact) mass is 506 g/mol. The van der Waals surface area contributed by atoms with Crippen LogP contribution in [-0.4, -0.2) is 36.5 Å². The fraction of sp³-hybridized carbons (Fsp3) is 0.857. The van der Waals surface area contributed by atoms with Crippen molar-refractivity contribution in [3.05, 3.63) is 24.3 Å². The van der Waals surface area contributed by atoms with Crippen LogP contribution in [0.15, 0.2) is 24.3 Å². The molecular weight excluding hydrogens is 455 g/mol. The van der Waals surface area contributed by atoms with Crippen LogP contribution in [-0.2, 0) is 14.2 Å². The van der Waals surface area contributed by atoms with Crippen molar-refractivity contribution in [3.63, 3.8) is 0 Å². The Morgan fingerprint density at radius 3 is 1.33 bits per heavy atom. The number of ether oxygens (including phenoxy) is 3. The molecule has 0 saturated carbocycles. The molecule has 0 aromatic heterocycles. The van der Waals surface area contributed by atoms with Crippen molar-refractivity contribution in [3.8, 4) is 0 Å². The Hall–Kier alpha value is -0.0600. The third-order valence-corrected chi connectivity index (χ3v) is 6.08. The van der Waals surface area contributed by atoms with Crippen LogP contribution in [0, 0.1) is 0 Å². The third kappa shape index (κ3) is 24.9. The van der Waals surface area contributed by atoms with Crippen LogP contribution in [0.1, 0.15) is 118 Å². The van der Waals surface area contributed by atoms with Gasteiger partial charge in [0, 0.05) is 10.8 Å². The summed E-state index contributed by atoms with van der Waals surface area (Å²) in [5, 5.41) is 0.502. The van der Waals surface area contributed by atoms with Gasteiger partial charge in [0.2, 0.25) is 0 Å². The number of rotatable bonds is 24. The first kappa shape index (κ1) is 32.9. The molecule has 0 heterocycles. The molecule has 4 unspecified atom stereocenters. The topological polar surface area (TPSA) is 27.7 Å². The molecule has 5 heteroatoms. The van der Waals surface area contributed by atoms with Crippen LogP contribution in [0.3, 0.4) is 0 Å². The lowest BCUT2D eigenvalue weighted by atomic mass is 10.0. The van der Waals surface area contributed by atoms with Crippen molar-refractivity contribution >= 4 is 23.2 Å². The number of hydrogen-bond donors (Lipinski definition) is 0. The maximum absolute atomic E-state index is 6.07. The van der Waals surface area contributed by atoms with E-state index in [9.17, 15) is 0 Å². The third-order valence-electron chi connectivity index (χ3n) is 5.65. The maximum Gasteiger partial charge on any atom is 0.149 e. The number of halogens is 2. The molecule has 0 radical (unpaired) electrons. The van der Waals surface area contributed by atoms with E-state index in [2.05, 4.69) is 52.0 Å². The fourth-order valence-electron chi connectivity index (χ4n) is 3.67. The van der Waals surface area contributed by atoms with Crippen molar-refractivity contribution in [1.29, 1.82) is 0 Å². The number of alkyl halides is 2. The molecule has 0 aliphatic heterocycles. The van der Waals surface area contributed by atoms with Crippen LogP contribution in [0.2, 0.25) is 0 Å². The molecule has 196 valence electrons. The molecule has 0 aromatic rings. The van der Waals surface area contributed by atoms with Crippen LogP contribution in [0.4, 0.5) is 0 Å². The van der Waals surface area contributed by atoms with Crippen LogP contribution < -0.4 is 0 Å². The Labute approximate surface area is 215 Å². The molecule has 0 rings (SSSR count). The summed E-state index contributed by atoms with van der Waals surface area (Å²) in [7, 11) is 0. The van der Waals surface area contributed by atoms with Gasteiger partial charge >= 0.3 is 0 Å². The molecule has 0 aliphatic rings. The zero-order chi connectivity index (χ0) is 24.6. The van der Waals surface area contributed by atoms with E-state index < -0.39 is 0 Å². The van der Waals surface area contributed by atoms with E-state index in [0.29, 0.717) is 13.6 Å². The second-order valence-electron chi connectivity index (χ2n) is 9.06. The van der Waals surface area contributed by atoms with E-state index in [-0.39, 0.29) is 23.0 Å². The molecule has 0 N–H and O–H groups in total. The minimum absolute atomic E-state index is 0.227. The molecule has 0 aliphatic carbocycles. The lowest BCUT2D eigenvalue weighted by molar-refractivity contribution is -0.167. The van der Waals surface area contributed by atoms with Gasteiger partial charge in [0.25, 0.3) is 0 Å². The quantitative estimate of drug-likeness (QED) is 0.0563. The lowest BCUT2D eigenvalue weighted by Gasteiger charge is -2.20. The molecule has 0 bridgehead atoms. The summed E-state index contributed by atoms with van der Waals surface area (Å²) in [6.07, 6.45) is 24.6. The predicted octanol–water partition coefficient (Wildman–Crippen LogP) is 9.56. The standard InChI is InChI=1S/C28H52Cl2O3/c1-5-7-9-11-19-27(21-15-13-17-25(3)29)32-23-31-24-33-28(20-12-10-8-6-2)22-16-14-18-26(4)30/h7-10,25-28H,5-6,11-24H2,1-4H3. The highest BCUT2D eigenvalue weighted by atomic mass is 35.5. The first-order chi connectivity index (χ1) is 16.0. The van der Waals surface area contributed by atoms with Crippen molar-refractivity contribution in [2.75, 3.05) is 13.6 Å². The van der Waals surface area contributed by atoms with E-state index in [1.807, 2.05) is 0 Å². The van der Waals surface area contributed by atoms with Gasteiger partial charge in [0.15, 0.2) is 0 Å². The van der Waals surface area contributed by atoms with Gasteiger partial charge in [-0.05, 0) is 78.1 Å². The molecule has 0 aromatic carbocycles. The van der Waals surface area contributed by atoms with Gasteiger partial charge in [-0.2, -0.15) is 0 Å². The maximum atomic E-state index is 6.07. The second kappa shape index (κ2) is 25.0. The fourth-order valence-corrected chi connectivity index (χ4v) is 3.98. The Morgan fingerprint density at radius 1 is 0.576 bits per heavy atom. The van der Waals surface area contributed by atoms with E-state index in [4.69, 9.17) is 37.4 Å². The van der Waals surface area contributed by atoms with Crippen molar-refractivity contribution < 1.29 is 14.2 Å². The average Bonchev–Trinajstić information content (AvgIpc) is 2.78. The minimum Gasteiger partial charge on any atom is -0.352 e. The summed E-state index contributed by atoms with van der Waals surface area (Å²) in [4.78, 5) is 0. The zero-order valence-electron chi connectivity index (χ0n) is 21.9. The van der Waals surface area contributed by atoms with Gasteiger partial charge in [0.05, 0.1) is 12.2 Å². The summed E-state index contributed by atoms with van der Waals surface area (Å²) in [5.74, 6) is 0. The summed E-state index contributed by atoms with van der Waals surface area (Å²) in [5.41, 5.74) is 0. The highest BCUT2D eigenvalue weighted by molar-refractivity contribution is 6.20. The summed E-state index contributed by atoms with van der Waals surface area (Å²) in [6, 6.07) is 0. The van der Waals surface area contributed by atoms with E-state index in [0.717, 1.165) is 89.9 Å². The summed E-state index contributed by atoms with van der Waals surface area (Å²) < 4.78 is 17.8. The number of allylic oxidation sites excluding steroid dienone is 4. The zero-order valence-corrected chi connectivity index (χ0v) is 23.4. The van der Waals surface area contributed by atoms with Gasteiger partial charge in [-0.15, -0.1) is 23.2 Å². The van der Waals surface area contributed by atoms with Crippen LogP contribution in [0.25, 0.3) is 0 Å². The van der Waals surface area contributed by atoms with E-state index in [1.54, 1.807) is 0 Å². The Bertz CT molecular complexity index is 412. The normalized spacial score (nSPS) is 15.9. The molecule has 3 nitrogen and oxygen atoms in total. The molecule has 33 heavy (non-hydrogen) atoms. The van der Waals surface area contributed by atoms with Crippen molar-refractivity contribution in [2.45, 2.75) is 141 Å².